The lowest BCUT2D eigenvalue weighted by Crippen LogP contribution is -2.40. The monoisotopic (exact) mass is 314 g/mol. The molecule has 20 heavy (non-hydrogen) atoms. The Morgan fingerprint density at radius 1 is 1.40 bits per heavy atom. The number of nitrogen functional groups attached to an aromatic ring is 1. The number of imidazole rings is 1. The van der Waals surface area contributed by atoms with Crippen molar-refractivity contribution in [3.05, 3.63) is 12.5 Å². The molecule has 9 N–H and O–H groups in total. The topological polar surface area (TPSA) is 210 Å². The molecule has 12 heteroatoms. The number of H-pyrrole nitrogens is 1. The molecule has 0 spiro atoms. The maximum Gasteiger partial charge on any atom is 0.692 e. The minimum absolute atomic E-state index is 0.0869. The third-order valence-corrected chi connectivity index (χ3v) is 1.59. The maximum absolute atomic E-state index is 9.76. The number of nitrogens with two attached hydrogens (primary N) is 1. The number of carbonyl (C=O) groups excluding carboxylic acids is 1. The fourth-order valence-electron chi connectivity index (χ4n) is 0.683. The molecule has 3 unspecified atom stereocenters. The van der Waals surface area contributed by atoms with E-state index in [1.165, 1.54) is 6.33 Å². The Morgan fingerprint density at radius 3 is 2.10 bits per heavy atom. The van der Waals surface area contributed by atoms with Gasteiger partial charge in [0.25, 0.3) is 0 Å². The van der Waals surface area contributed by atoms with Gasteiger partial charge in [-0.2, -0.15) is 0 Å². The number of nitrogens with one attached hydrogen (secondary N) is 1. The molecule has 1 aromatic rings. The van der Waals surface area contributed by atoms with E-state index in [0.717, 1.165) is 0 Å². The van der Waals surface area contributed by atoms with Gasteiger partial charge >= 0.3 is 8.25 Å². The van der Waals surface area contributed by atoms with Crippen molar-refractivity contribution in [3.63, 3.8) is 0 Å². The van der Waals surface area contributed by atoms with Crippen LogP contribution in [-0.4, -0.2) is 71.4 Å². The number of hydrogen-bond acceptors (Lipinski definition) is 8. The molecular formula is C8H17N3O8P+. The van der Waals surface area contributed by atoms with E-state index < -0.39 is 33.2 Å². The highest BCUT2D eigenvalue weighted by Crippen LogP contribution is 1.98. The van der Waals surface area contributed by atoms with E-state index in [1.54, 1.807) is 6.20 Å². The third kappa shape index (κ3) is 13.0. The molecule has 0 aliphatic heterocycles. The number of aromatic amines is 1. The first kappa shape index (κ1) is 20.8. The van der Waals surface area contributed by atoms with Gasteiger partial charge in [-0.25, -0.2) is 4.98 Å². The predicted octanol–water partition coefficient (Wildman–Crippen LogP) is -3.12. The summed E-state index contributed by atoms with van der Waals surface area (Å²) in [5.41, 5.74) is 5.16. The molecule has 1 aromatic heterocycles. The predicted molar refractivity (Wildman–Crippen MR) is 66.2 cm³/mol. The summed E-state index contributed by atoms with van der Waals surface area (Å²) in [4.78, 5) is 30.3. The molecule has 0 aliphatic rings. The van der Waals surface area contributed by atoms with Crippen LogP contribution >= 0.6 is 8.25 Å². The second kappa shape index (κ2) is 12.6. The molecule has 0 aliphatic carbocycles. The number of aliphatic hydroxyl groups excluding tert-OH is 4. The molecule has 11 nitrogen and oxygen atoms in total. The fraction of sp³-hybridized carbons (Fsp3) is 0.500. The van der Waals surface area contributed by atoms with Crippen molar-refractivity contribution in [1.82, 2.24) is 9.97 Å². The number of hydrogen-bond donors (Lipinski definition) is 8. The Bertz CT molecular complexity index is 359. The van der Waals surface area contributed by atoms with Crippen LogP contribution in [0.2, 0.25) is 0 Å². The minimum atomic E-state index is -2.87. The first-order chi connectivity index (χ1) is 9.26. The molecule has 0 radical (unpaired) electrons. The summed E-state index contributed by atoms with van der Waals surface area (Å²) in [6.07, 6.45) is -1.54. The molecule has 0 amide bonds. The van der Waals surface area contributed by atoms with Gasteiger partial charge in [0.1, 0.15) is 24.1 Å². The Labute approximate surface area is 114 Å². The second-order valence-corrected chi connectivity index (χ2v) is 3.63. The van der Waals surface area contributed by atoms with E-state index in [1.807, 2.05) is 0 Å². The van der Waals surface area contributed by atoms with Crippen molar-refractivity contribution in [2.45, 2.75) is 18.3 Å². The number of anilines is 1. The zero-order valence-corrected chi connectivity index (χ0v) is 11.0. The molecule has 1 rings (SSSR count). The van der Waals surface area contributed by atoms with E-state index in [-0.39, 0.29) is 6.29 Å². The van der Waals surface area contributed by atoms with Crippen molar-refractivity contribution in [1.29, 1.82) is 0 Å². The summed E-state index contributed by atoms with van der Waals surface area (Å²) in [5.74, 6) is 0.606. The number of rotatable bonds is 4. The molecule has 0 fully saturated rings. The minimum Gasteiger partial charge on any atom is -0.394 e. The SMILES string of the molecule is Nc1cnc[nH]1.O=CC(O)C(O)C(O)CO.O=[P+](O)O. The molecule has 1 heterocycles. The summed E-state index contributed by atoms with van der Waals surface area (Å²) >= 11 is 0. The van der Waals surface area contributed by atoms with Crippen LogP contribution in [0.5, 0.6) is 0 Å². The lowest BCUT2D eigenvalue weighted by molar-refractivity contribution is -0.127. The van der Waals surface area contributed by atoms with Crippen LogP contribution in [0.1, 0.15) is 0 Å². The lowest BCUT2D eigenvalue weighted by Gasteiger charge is -2.16. The van der Waals surface area contributed by atoms with E-state index >= 15 is 0 Å². The molecule has 0 saturated carbocycles. The van der Waals surface area contributed by atoms with Crippen molar-refractivity contribution >= 4 is 20.4 Å². The summed E-state index contributed by atoms with van der Waals surface area (Å²) in [6.45, 7) is -0.688. The summed E-state index contributed by atoms with van der Waals surface area (Å²) in [5, 5.41) is 34.1. The van der Waals surface area contributed by atoms with Gasteiger partial charge < -0.3 is 35.9 Å². The van der Waals surface area contributed by atoms with Gasteiger partial charge in [-0.05, 0) is 0 Å². The molecule has 0 bridgehead atoms. The largest absolute Gasteiger partial charge is 0.692 e. The quantitative estimate of drug-likeness (QED) is 0.207. The fourth-order valence-corrected chi connectivity index (χ4v) is 0.683. The number of aromatic nitrogens is 2. The van der Waals surface area contributed by atoms with E-state index in [0.29, 0.717) is 5.82 Å². The normalized spacial score (nSPS) is 13.7. The Hall–Kier alpha value is -1.46. The van der Waals surface area contributed by atoms with Gasteiger partial charge in [-0.15, -0.1) is 9.79 Å². The number of carbonyl (C=O) groups is 1. The highest BCUT2D eigenvalue weighted by molar-refractivity contribution is 7.30. The van der Waals surface area contributed by atoms with Crippen LogP contribution in [-0.2, 0) is 9.36 Å². The lowest BCUT2D eigenvalue weighted by atomic mass is 10.1. The average Bonchev–Trinajstić information content (AvgIpc) is 2.87. The second-order valence-electron chi connectivity index (χ2n) is 3.13. The van der Waals surface area contributed by atoms with Gasteiger partial charge in [-0.1, -0.05) is 0 Å². The van der Waals surface area contributed by atoms with Crippen molar-refractivity contribution in [3.8, 4) is 0 Å². The van der Waals surface area contributed by atoms with Gasteiger partial charge in [-0.3, -0.25) is 0 Å². The van der Waals surface area contributed by atoms with Gasteiger partial charge in [0, 0.05) is 4.57 Å². The van der Waals surface area contributed by atoms with Crippen molar-refractivity contribution < 1.29 is 39.6 Å². The summed E-state index contributed by atoms with van der Waals surface area (Å²) < 4.78 is 8.70. The maximum atomic E-state index is 9.76. The average molecular weight is 314 g/mol. The van der Waals surface area contributed by atoms with Crippen LogP contribution in [0.25, 0.3) is 0 Å². The number of nitrogens with zero attached hydrogens (tertiary/aromatic N) is 1. The molecule has 3 atom stereocenters. The Kier molecular flexibility index (Phi) is 13.1. The van der Waals surface area contributed by atoms with Gasteiger partial charge in [0.15, 0.2) is 6.29 Å². The molecule has 0 aromatic carbocycles. The highest BCUT2D eigenvalue weighted by atomic mass is 31.1. The van der Waals surface area contributed by atoms with Crippen molar-refractivity contribution in [2.24, 2.45) is 0 Å². The standard InChI is InChI=1S/C5H10O5.C3H5N3.HO3P/c6-1-3(8)5(10)4(9)2-7;4-3-1-5-2-6-3;1-4(2)3/h1,3-5,7-10H,2H2;1-2H,4H2,(H,5,6);(H-,1,2,3)/p+1. The van der Waals surface area contributed by atoms with Crippen LogP contribution in [0.3, 0.4) is 0 Å². The van der Waals surface area contributed by atoms with E-state index in [2.05, 4.69) is 9.97 Å². The van der Waals surface area contributed by atoms with E-state index in [4.69, 9.17) is 40.5 Å². The van der Waals surface area contributed by atoms with E-state index in [9.17, 15) is 4.79 Å². The summed E-state index contributed by atoms with van der Waals surface area (Å²) in [7, 11) is -2.87. The van der Waals surface area contributed by atoms with Crippen LogP contribution in [0.4, 0.5) is 5.82 Å². The molecule has 116 valence electrons. The van der Waals surface area contributed by atoms with Crippen LogP contribution < -0.4 is 5.73 Å². The van der Waals surface area contributed by atoms with Gasteiger partial charge in [0.05, 0.1) is 19.1 Å². The zero-order valence-electron chi connectivity index (χ0n) is 10.1. The number of aliphatic hydroxyl groups is 4. The first-order valence-corrected chi connectivity index (χ1v) is 6.11. The van der Waals surface area contributed by atoms with Crippen LogP contribution in [0.15, 0.2) is 12.5 Å². The van der Waals surface area contributed by atoms with Crippen LogP contribution in [0, 0.1) is 0 Å². The Morgan fingerprint density at radius 2 is 1.90 bits per heavy atom. The zero-order chi connectivity index (χ0) is 16.1. The number of aldehydes is 1. The summed E-state index contributed by atoms with van der Waals surface area (Å²) in [6, 6.07) is 0. The molecular weight excluding hydrogens is 297 g/mol. The third-order valence-electron chi connectivity index (χ3n) is 1.59. The Balaban J connectivity index is 0. The smallest absolute Gasteiger partial charge is 0.394 e. The first-order valence-electron chi connectivity index (χ1n) is 4.95. The highest BCUT2D eigenvalue weighted by Gasteiger charge is 2.22. The molecule has 0 saturated heterocycles. The van der Waals surface area contributed by atoms with Crippen molar-refractivity contribution in [2.75, 3.05) is 12.3 Å². The van der Waals surface area contributed by atoms with Gasteiger partial charge in [0.2, 0.25) is 0 Å².